The van der Waals surface area contributed by atoms with E-state index in [9.17, 15) is 22.0 Å². The second-order valence-electron chi connectivity index (χ2n) is 9.55. The van der Waals surface area contributed by atoms with E-state index in [2.05, 4.69) is 21.5 Å². The zero-order valence-electron chi connectivity index (χ0n) is 19.9. The molecule has 2 heterocycles. The van der Waals surface area contributed by atoms with Crippen molar-refractivity contribution in [2.24, 2.45) is 5.92 Å². The number of rotatable bonds is 8. The van der Waals surface area contributed by atoms with Crippen LogP contribution in [-0.2, 0) is 6.54 Å². The number of benzene rings is 2. The SMILES string of the molecule is C[C@@H]1CN(c2cc(F)c(F)c(F)c2)CCN1CCC1CCN(Cc2ccccc2OC(F)F)CC1. The van der Waals surface area contributed by atoms with E-state index in [0.29, 0.717) is 31.2 Å². The predicted octanol–water partition coefficient (Wildman–Crippen LogP) is 5.52. The van der Waals surface area contributed by atoms with E-state index >= 15 is 0 Å². The molecular formula is C26H32F5N3O. The molecule has 2 saturated heterocycles. The maximum Gasteiger partial charge on any atom is 0.387 e. The van der Waals surface area contributed by atoms with Crippen molar-refractivity contribution < 1.29 is 26.7 Å². The molecule has 192 valence electrons. The molecule has 0 radical (unpaired) electrons. The minimum atomic E-state index is -2.83. The van der Waals surface area contributed by atoms with Gasteiger partial charge in [-0.3, -0.25) is 9.80 Å². The van der Waals surface area contributed by atoms with Crippen molar-refractivity contribution in [3.8, 4) is 5.75 Å². The number of nitrogens with zero attached hydrogens (tertiary/aromatic N) is 3. The summed E-state index contributed by atoms with van der Waals surface area (Å²) in [4.78, 5) is 6.59. The first kappa shape index (κ1) is 25.7. The molecule has 4 nitrogen and oxygen atoms in total. The number of alkyl halides is 2. The molecule has 0 bridgehead atoms. The summed E-state index contributed by atoms with van der Waals surface area (Å²) in [6.07, 6.45) is 3.18. The van der Waals surface area contributed by atoms with E-state index in [0.717, 1.165) is 63.1 Å². The van der Waals surface area contributed by atoms with E-state index in [1.165, 1.54) is 0 Å². The number of piperidine rings is 1. The van der Waals surface area contributed by atoms with Gasteiger partial charge in [0, 0.05) is 55.6 Å². The van der Waals surface area contributed by atoms with Crippen LogP contribution < -0.4 is 9.64 Å². The van der Waals surface area contributed by atoms with Crippen LogP contribution in [0.15, 0.2) is 36.4 Å². The van der Waals surface area contributed by atoms with Gasteiger partial charge in [0.1, 0.15) is 5.75 Å². The molecule has 2 aromatic carbocycles. The van der Waals surface area contributed by atoms with Crippen molar-refractivity contribution in [3.63, 3.8) is 0 Å². The highest BCUT2D eigenvalue weighted by Gasteiger charge is 2.27. The van der Waals surface area contributed by atoms with Gasteiger partial charge in [0.25, 0.3) is 0 Å². The Balaban J connectivity index is 1.21. The molecule has 9 heteroatoms. The van der Waals surface area contributed by atoms with Gasteiger partial charge in [0.05, 0.1) is 0 Å². The van der Waals surface area contributed by atoms with E-state index < -0.39 is 24.1 Å². The van der Waals surface area contributed by atoms with Crippen LogP contribution in [0.5, 0.6) is 5.75 Å². The van der Waals surface area contributed by atoms with Crippen LogP contribution in [0.3, 0.4) is 0 Å². The standard InChI is InChI=1S/C26H32F5N3O/c1-18-16-34(21-14-22(27)25(29)23(28)15-21)13-12-33(18)11-8-19-6-9-32(10-7-19)17-20-4-2-3-5-24(20)35-26(30)31/h2-5,14-15,18-19,26H,6-13,16-17H2,1H3/t18-/m1/s1. The molecule has 1 atom stereocenters. The van der Waals surface area contributed by atoms with Crippen molar-refractivity contribution in [2.75, 3.05) is 44.2 Å². The second-order valence-corrected chi connectivity index (χ2v) is 9.55. The minimum Gasteiger partial charge on any atom is -0.434 e. The maximum absolute atomic E-state index is 13.6. The molecule has 4 rings (SSSR count). The number of ether oxygens (including phenoxy) is 1. The Morgan fingerprint density at radius 2 is 1.66 bits per heavy atom. The molecule has 0 unspecified atom stereocenters. The number of halogens is 5. The lowest BCUT2D eigenvalue weighted by molar-refractivity contribution is -0.0508. The van der Waals surface area contributed by atoms with Gasteiger partial charge < -0.3 is 9.64 Å². The van der Waals surface area contributed by atoms with Crippen LogP contribution in [0.2, 0.25) is 0 Å². The lowest BCUT2D eigenvalue weighted by atomic mass is 9.92. The zero-order chi connectivity index (χ0) is 24.9. The fraction of sp³-hybridized carbons (Fsp3) is 0.538. The Kier molecular flexibility index (Phi) is 8.49. The Bertz CT molecular complexity index is 960. The molecule has 35 heavy (non-hydrogen) atoms. The summed E-state index contributed by atoms with van der Waals surface area (Å²) >= 11 is 0. The molecule has 2 aliphatic rings. The smallest absolute Gasteiger partial charge is 0.387 e. The Hall–Kier alpha value is -2.39. The van der Waals surface area contributed by atoms with Gasteiger partial charge in [-0.05, 0) is 57.8 Å². The van der Waals surface area contributed by atoms with E-state index in [-0.39, 0.29) is 11.8 Å². The van der Waals surface area contributed by atoms with E-state index in [1.807, 2.05) is 17.0 Å². The first-order valence-electron chi connectivity index (χ1n) is 12.2. The summed E-state index contributed by atoms with van der Waals surface area (Å²) in [5.74, 6) is -2.91. The van der Waals surface area contributed by atoms with Crippen molar-refractivity contribution in [3.05, 3.63) is 59.4 Å². The highest BCUT2D eigenvalue weighted by Crippen LogP contribution is 2.28. The summed E-state index contributed by atoms with van der Waals surface area (Å²) in [5.41, 5.74) is 1.15. The normalized spacial score (nSPS) is 20.5. The molecule has 0 spiro atoms. The fourth-order valence-electron chi connectivity index (χ4n) is 5.15. The maximum atomic E-state index is 13.6. The highest BCUT2D eigenvalue weighted by atomic mass is 19.3. The molecule has 0 N–H and O–H groups in total. The van der Waals surface area contributed by atoms with E-state index in [4.69, 9.17) is 0 Å². The van der Waals surface area contributed by atoms with Crippen LogP contribution in [0.4, 0.5) is 27.6 Å². The molecule has 0 amide bonds. The molecule has 0 saturated carbocycles. The predicted molar refractivity (Wildman–Crippen MR) is 125 cm³/mol. The molecular weight excluding hydrogens is 465 g/mol. The summed E-state index contributed by atoms with van der Waals surface area (Å²) in [5, 5.41) is 0. The minimum absolute atomic E-state index is 0.214. The number of piperazine rings is 1. The summed E-state index contributed by atoms with van der Waals surface area (Å²) < 4.78 is 70.5. The molecule has 0 aromatic heterocycles. The summed E-state index contributed by atoms with van der Waals surface area (Å²) in [6.45, 7) is 4.69. The third-order valence-electron chi connectivity index (χ3n) is 7.21. The number of hydrogen-bond donors (Lipinski definition) is 0. The Labute approximate surface area is 203 Å². The van der Waals surface area contributed by atoms with Crippen molar-refractivity contribution >= 4 is 5.69 Å². The number of para-hydroxylation sites is 1. The molecule has 2 aromatic rings. The van der Waals surface area contributed by atoms with Gasteiger partial charge in [-0.25, -0.2) is 13.2 Å². The molecule has 2 fully saturated rings. The van der Waals surface area contributed by atoms with Gasteiger partial charge in [-0.2, -0.15) is 8.78 Å². The quantitative estimate of drug-likeness (QED) is 0.353. The number of anilines is 1. The second kappa shape index (κ2) is 11.6. The Morgan fingerprint density at radius 1 is 0.971 bits per heavy atom. The fourth-order valence-corrected chi connectivity index (χ4v) is 5.15. The molecule has 0 aliphatic carbocycles. The first-order valence-corrected chi connectivity index (χ1v) is 12.2. The van der Waals surface area contributed by atoms with Gasteiger partial charge in [-0.1, -0.05) is 18.2 Å². The molecule has 2 aliphatic heterocycles. The average Bonchev–Trinajstić information content (AvgIpc) is 2.83. The number of hydrogen-bond acceptors (Lipinski definition) is 4. The third kappa shape index (κ3) is 6.64. The number of likely N-dealkylation sites (tertiary alicyclic amines) is 1. The van der Waals surface area contributed by atoms with Crippen molar-refractivity contribution in [1.29, 1.82) is 0 Å². The van der Waals surface area contributed by atoms with Gasteiger partial charge in [-0.15, -0.1) is 0 Å². The van der Waals surface area contributed by atoms with Crippen LogP contribution >= 0.6 is 0 Å². The first-order chi connectivity index (χ1) is 16.8. The zero-order valence-corrected chi connectivity index (χ0v) is 19.9. The topological polar surface area (TPSA) is 19.0 Å². The lowest BCUT2D eigenvalue weighted by Crippen LogP contribution is -2.52. The van der Waals surface area contributed by atoms with Crippen LogP contribution in [-0.4, -0.2) is 61.7 Å². The van der Waals surface area contributed by atoms with Gasteiger partial charge >= 0.3 is 6.61 Å². The lowest BCUT2D eigenvalue weighted by Gasteiger charge is -2.42. The van der Waals surface area contributed by atoms with E-state index in [1.54, 1.807) is 12.1 Å². The van der Waals surface area contributed by atoms with Crippen LogP contribution in [0.1, 0.15) is 31.7 Å². The van der Waals surface area contributed by atoms with Gasteiger partial charge in [0.15, 0.2) is 17.5 Å². The third-order valence-corrected chi connectivity index (χ3v) is 7.21. The van der Waals surface area contributed by atoms with Crippen molar-refractivity contribution in [1.82, 2.24) is 9.80 Å². The largest absolute Gasteiger partial charge is 0.434 e. The average molecular weight is 498 g/mol. The summed E-state index contributed by atoms with van der Waals surface area (Å²) in [7, 11) is 0. The monoisotopic (exact) mass is 497 g/mol. The van der Waals surface area contributed by atoms with Crippen LogP contribution in [0, 0.1) is 23.4 Å². The van der Waals surface area contributed by atoms with Crippen LogP contribution in [0.25, 0.3) is 0 Å². The summed E-state index contributed by atoms with van der Waals surface area (Å²) in [6, 6.07) is 9.29. The van der Waals surface area contributed by atoms with Gasteiger partial charge in [0.2, 0.25) is 0 Å². The Morgan fingerprint density at radius 3 is 2.31 bits per heavy atom. The van der Waals surface area contributed by atoms with Crippen molar-refractivity contribution in [2.45, 2.75) is 45.4 Å². The highest BCUT2D eigenvalue weighted by molar-refractivity contribution is 5.48.